The highest BCUT2D eigenvalue weighted by Crippen LogP contribution is 2.21. The van der Waals surface area contributed by atoms with E-state index in [-0.39, 0.29) is 12.5 Å². The first-order chi connectivity index (χ1) is 9.04. The fourth-order valence-corrected chi connectivity index (χ4v) is 2.76. The van der Waals surface area contributed by atoms with E-state index in [2.05, 4.69) is 13.8 Å². The zero-order chi connectivity index (χ0) is 13.8. The monoisotopic (exact) mass is 281 g/mol. The van der Waals surface area contributed by atoms with Crippen molar-refractivity contribution in [1.82, 2.24) is 4.90 Å². The van der Waals surface area contributed by atoms with Gasteiger partial charge in [0.25, 0.3) is 5.91 Å². The molecule has 1 fully saturated rings. The smallest absolute Gasteiger partial charge is 0.260 e. The molecule has 0 radical (unpaired) electrons. The maximum absolute atomic E-state index is 12.1. The number of likely N-dealkylation sites (tertiary alicyclic amines) is 1. The molecule has 0 spiro atoms. The lowest BCUT2D eigenvalue weighted by molar-refractivity contribution is -0.136. The van der Waals surface area contributed by atoms with Gasteiger partial charge in [0.1, 0.15) is 5.75 Å². The van der Waals surface area contributed by atoms with Crippen LogP contribution in [-0.2, 0) is 4.79 Å². The Labute approximate surface area is 119 Å². The molecule has 3 nitrogen and oxygen atoms in total. The molecule has 1 aromatic rings. The fourth-order valence-electron chi connectivity index (χ4n) is 2.63. The van der Waals surface area contributed by atoms with Gasteiger partial charge in [-0.15, -0.1) is 0 Å². The van der Waals surface area contributed by atoms with E-state index in [1.165, 1.54) is 6.42 Å². The average molecular weight is 282 g/mol. The van der Waals surface area contributed by atoms with E-state index >= 15 is 0 Å². The number of benzene rings is 1. The zero-order valence-corrected chi connectivity index (χ0v) is 12.2. The van der Waals surface area contributed by atoms with Gasteiger partial charge in [0.15, 0.2) is 6.61 Å². The molecule has 1 heterocycles. The molecule has 0 bridgehead atoms. The van der Waals surface area contributed by atoms with Crippen LogP contribution in [0.5, 0.6) is 5.75 Å². The van der Waals surface area contributed by atoms with Crippen LogP contribution in [0.3, 0.4) is 0 Å². The van der Waals surface area contributed by atoms with Crippen molar-refractivity contribution in [2.45, 2.75) is 20.3 Å². The summed E-state index contributed by atoms with van der Waals surface area (Å²) >= 11 is 5.80. The first kappa shape index (κ1) is 14.2. The van der Waals surface area contributed by atoms with Crippen molar-refractivity contribution >= 4 is 17.5 Å². The lowest BCUT2D eigenvalue weighted by Gasteiger charge is -2.34. The first-order valence-corrected chi connectivity index (χ1v) is 7.08. The third kappa shape index (κ3) is 4.13. The Morgan fingerprint density at radius 1 is 1.26 bits per heavy atom. The van der Waals surface area contributed by atoms with E-state index in [4.69, 9.17) is 16.3 Å². The number of carbonyl (C=O) groups is 1. The number of nitrogens with zero attached hydrogens (tertiary/aromatic N) is 1. The molecule has 4 heteroatoms. The predicted octanol–water partition coefficient (Wildman–Crippen LogP) is 3.22. The highest BCUT2D eigenvalue weighted by Gasteiger charge is 2.25. The van der Waals surface area contributed by atoms with Gasteiger partial charge in [-0.1, -0.05) is 25.4 Å². The molecule has 0 unspecified atom stereocenters. The lowest BCUT2D eigenvalue weighted by atomic mass is 9.92. The van der Waals surface area contributed by atoms with E-state index in [9.17, 15) is 4.79 Å². The summed E-state index contributed by atoms with van der Waals surface area (Å²) in [7, 11) is 0. The molecule has 1 aliphatic rings. The molecule has 2 rings (SSSR count). The third-order valence-corrected chi connectivity index (χ3v) is 3.65. The Kier molecular flexibility index (Phi) is 4.70. The topological polar surface area (TPSA) is 29.5 Å². The normalized spacial score (nSPS) is 23.2. The summed E-state index contributed by atoms with van der Waals surface area (Å²) in [6.07, 6.45) is 1.20. The summed E-state index contributed by atoms with van der Waals surface area (Å²) in [5.41, 5.74) is 0. The number of halogens is 1. The van der Waals surface area contributed by atoms with Gasteiger partial charge in [-0.05, 0) is 42.5 Å². The van der Waals surface area contributed by atoms with Crippen LogP contribution in [0.2, 0.25) is 5.02 Å². The maximum Gasteiger partial charge on any atom is 0.260 e. The summed E-state index contributed by atoms with van der Waals surface area (Å²) in [6.45, 7) is 6.16. The number of rotatable bonds is 3. The van der Waals surface area contributed by atoms with Crippen LogP contribution in [0.25, 0.3) is 0 Å². The van der Waals surface area contributed by atoms with Crippen molar-refractivity contribution in [1.29, 1.82) is 0 Å². The Balaban J connectivity index is 1.85. The largest absolute Gasteiger partial charge is 0.484 e. The number of ether oxygens (including phenoxy) is 1. The summed E-state index contributed by atoms with van der Waals surface area (Å²) in [6, 6.07) is 7.06. The molecule has 2 atom stereocenters. The second-order valence-corrected chi connectivity index (χ2v) is 5.92. The molecule has 1 amide bonds. The summed E-state index contributed by atoms with van der Waals surface area (Å²) in [5, 5.41) is 0.664. The van der Waals surface area contributed by atoms with Gasteiger partial charge in [-0.3, -0.25) is 4.79 Å². The molecule has 0 N–H and O–H groups in total. The highest BCUT2D eigenvalue weighted by atomic mass is 35.5. The van der Waals surface area contributed by atoms with Gasteiger partial charge in [0.2, 0.25) is 0 Å². The van der Waals surface area contributed by atoms with Crippen LogP contribution in [0.1, 0.15) is 20.3 Å². The van der Waals surface area contributed by atoms with E-state index in [0.717, 1.165) is 13.1 Å². The minimum Gasteiger partial charge on any atom is -0.484 e. The van der Waals surface area contributed by atoms with Crippen LogP contribution >= 0.6 is 11.6 Å². The van der Waals surface area contributed by atoms with Crippen LogP contribution in [0, 0.1) is 11.8 Å². The summed E-state index contributed by atoms with van der Waals surface area (Å²) in [5.74, 6) is 1.88. The SMILES string of the molecule is C[C@@H]1C[C@H](C)CN(C(=O)COc2ccc(Cl)cc2)C1. The van der Waals surface area contributed by atoms with Crippen molar-refractivity contribution in [3.8, 4) is 5.75 Å². The van der Waals surface area contributed by atoms with Gasteiger partial charge in [-0.2, -0.15) is 0 Å². The second-order valence-electron chi connectivity index (χ2n) is 5.49. The quantitative estimate of drug-likeness (QED) is 0.851. The number of piperidine rings is 1. The number of amides is 1. The second kappa shape index (κ2) is 6.29. The lowest BCUT2D eigenvalue weighted by Crippen LogP contribution is -2.44. The van der Waals surface area contributed by atoms with Crippen LogP contribution < -0.4 is 4.74 Å². The van der Waals surface area contributed by atoms with Gasteiger partial charge < -0.3 is 9.64 Å². The van der Waals surface area contributed by atoms with Crippen molar-refractivity contribution in [3.05, 3.63) is 29.3 Å². The molecule has 19 heavy (non-hydrogen) atoms. The van der Waals surface area contributed by atoms with Crippen molar-refractivity contribution < 1.29 is 9.53 Å². The predicted molar refractivity (Wildman–Crippen MR) is 76.5 cm³/mol. The van der Waals surface area contributed by atoms with Crippen LogP contribution in [0.4, 0.5) is 0 Å². The third-order valence-electron chi connectivity index (χ3n) is 3.40. The fraction of sp³-hybridized carbons (Fsp3) is 0.533. The standard InChI is InChI=1S/C15H20ClNO2/c1-11-7-12(2)9-17(8-11)15(18)10-19-14-5-3-13(16)4-6-14/h3-6,11-12H,7-10H2,1-2H3/t11-,12+. The molecule has 0 aromatic heterocycles. The number of hydrogen-bond acceptors (Lipinski definition) is 2. The molecular weight excluding hydrogens is 262 g/mol. The summed E-state index contributed by atoms with van der Waals surface area (Å²) in [4.78, 5) is 14.0. The van der Waals surface area contributed by atoms with Crippen molar-refractivity contribution in [3.63, 3.8) is 0 Å². The molecule has 1 saturated heterocycles. The Morgan fingerprint density at radius 2 is 1.84 bits per heavy atom. The van der Waals surface area contributed by atoms with Gasteiger partial charge in [-0.25, -0.2) is 0 Å². The molecule has 0 aliphatic carbocycles. The summed E-state index contributed by atoms with van der Waals surface area (Å²) < 4.78 is 5.50. The molecule has 0 saturated carbocycles. The van der Waals surface area contributed by atoms with Crippen molar-refractivity contribution in [2.75, 3.05) is 19.7 Å². The molecule has 1 aromatic carbocycles. The van der Waals surface area contributed by atoms with E-state index in [1.807, 2.05) is 4.90 Å². The van der Waals surface area contributed by atoms with Crippen LogP contribution in [0.15, 0.2) is 24.3 Å². The van der Waals surface area contributed by atoms with E-state index in [1.54, 1.807) is 24.3 Å². The highest BCUT2D eigenvalue weighted by molar-refractivity contribution is 6.30. The van der Waals surface area contributed by atoms with E-state index in [0.29, 0.717) is 22.6 Å². The number of hydrogen-bond donors (Lipinski definition) is 0. The average Bonchev–Trinajstić information content (AvgIpc) is 2.36. The minimum absolute atomic E-state index is 0.0633. The zero-order valence-electron chi connectivity index (χ0n) is 11.4. The number of carbonyl (C=O) groups excluding carboxylic acids is 1. The first-order valence-electron chi connectivity index (χ1n) is 6.70. The molecule has 104 valence electrons. The van der Waals surface area contributed by atoms with Crippen molar-refractivity contribution in [2.24, 2.45) is 11.8 Å². The maximum atomic E-state index is 12.1. The minimum atomic E-state index is 0.0633. The van der Waals surface area contributed by atoms with Gasteiger partial charge >= 0.3 is 0 Å². The Hall–Kier alpha value is -1.22. The Bertz CT molecular complexity index is 422. The van der Waals surface area contributed by atoms with Gasteiger partial charge in [0.05, 0.1) is 0 Å². The molecule has 1 aliphatic heterocycles. The van der Waals surface area contributed by atoms with E-state index < -0.39 is 0 Å². The Morgan fingerprint density at radius 3 is 2.42 bits per heavy atom. The van der Waals surface area contributed by atoms with Crippen LogP contribution in [-0.4, -0.2) is 30.5 Å². The van der Waals surface area contributed by atoms with Gasteiger partial charge in [0, 0.05) is 18.1 Å². The molecular formula is C15H20ClNO2.